The van der Waals surface area contributed by atoms with Crippen LogP contribution >= 0.6 is 0 Å². The summed E-state index contributed by atoms with van der Waals surface area (Å²) in [6, 6.07) is 0. The van der Waals surface area contributed by atoms with Crippen molar-refractivity contribution in [2.45, 2.75) is 52.1 Å². The second kappa shape index (κ2) is 23.6. The van der Waals surface area contributed by atoms with Crippen LogP contribution in [0.15, 0.2) is 0 Å². The van der Waals surface area contributed by atoms with Crippen molar-refractivity contribution < 1.29 is 86.2 Å². The van der Waals surface area contributed by atoms with Crippen molar-refractivity contribution in [3.63, 3.8) is 0 Å². The third-order valence-electron chi connectivity index (χ3n) is 1.43. The quantitative estimate of drug-likeness (QED) is 0.211. The summed E-state index contributed by atoms with van der Waals surface area (Å²) < 4.78 is 0. The summed E-state index contributed by atoms with van der Waals surface area (Å²) in [5.74, 6) is -4.74. The molecule has 8 N–H and O–H groups in total. The van der Waals surface area contributed by atoms with Gasteiger partial charge >= 0.3 is 23.9 Å². The fraction of sp³-hybridized carbons (Fsp3) is 0.667. The zero-order chi connectivity index (χ0) is 20.6. The van der Waals surface area contributed by atoms with Crippen LogP contribution in [0.25, 0.3) is 0 Å². The maximum absolute atomic E-state index is 9.45. The summed E-state index contributed by atoms with van der Waals surface area (Å²) in [4.78, 5) is 37.8. The number of aliphatic hydroxyl groups excluding tert-OH is 4. The molecule has 0 aromatic heterocycles. The van der Waals surface area contributed by atoms with E-state index in [-0.39, 0.29) is 32.4 Å². The number of rotatable bonds is 4. The van der Waals surface area contributed by atoms with Crippen molar-refractivity contribution >= 4 is 23.9 Å². The third kappa shape index (κ3) is 49.5. The minimum absolute atomic E-state index is 0. The van der Waals surface area contributed by atoms with Crippen LogP contribution in [0.1, 0.15) is 27.7 Å². The molecule has 14 heteroatoms. The standard InChI is InChI=1S/4C3H6O3.N.Zr/c4*1-2(4)3(5)6;;/h4*2,4H,1H3,(H,5,6);;. The van der Waals surface area contributed by atoms with Gasteiger partial charge in [-0.3, -0.25) is 0 Å². The molecule has 0 aromatic carbocycles. The van der Waals surface area contributed by atoms with E-state index in [2.05, 4.69) is 0 Å². The SMILES string of the molecule is CC(O)C(=O)O.CC(O)C(=O)O.CC(O)C(=O)O.CC(O)C(=O)O.[N].[Zr]. The molecule has 0 bridgehead atoms. The van der Waals surface area contributed by atoms with Crippen molar-refractivity contribution in [1.82, 2.24) is 6.15 Å². The molecule has 13 nitrogen and oxygen atoms in total. The molecule has 0 saturated carbocycles. The number of hydrogen-bond donors (Lipinski definition) is 8. The smallest absolute Gasteiger partial charge is 0.332 e. The van der Waals surface area contributed by atoms with Gasteiger partial charge in [0, 0.05) is 32.4 Å². The molecule has 0 fully saturated rings. The molecular weight excluding hydrogens is 441 g/mol. The van der Waals surface area contributed by atoms with Crippen LogP contribution in [0.5, 0.6) is 0 Å². The molecule has 0 saturated heterocycles. The van der Waals surface area contributed by atoms with Gasteiger partial charge in [-0.15, -0.1) is 0 Å². The van der Waals surface area contributed by atoms with Crippen LogP contribution in [-0.4, -0.2) is 89.1 Å². The Balaban J connectivity index is -0.0000000500. The van der Waals surface area contributed by atoms with Crippen molar-refractivity contribution in [3.05, 3.63) is 0 Å². The Kier molecular flexibility index (Phi) is 35.9. The molecule has 0 heterocycles. The number of carboxylic acids is 4. The second-order valence-corrected chi connectivity index (χ2v) is 4.06. The van der Waals surface area contributed by atoms with Crippen molar-refractivity contribution in [2.75, 3.05) is 0 Å². The fourth-order valence-corrected chi connectivity index (χ4v) is 0. The molecule has 4 unspecified atom stereocenters. The Morgan fingerprint density at radius 3 is 0.538 bits per heavy atom. The molecule has 0 aliphatic carbocycles. The molecule has 0 aromatic rings. The van der Waals surface area contributed by atoms with Gasteiger partial charge in [-0.2, -0.15) is 0 Å². The molecule has 0 amide bonds. The summed E-state index contributed by atoms with van der Waals surface area (Å²) in [5, 5.41) is 63.1. The average Bonchev–Trinajstić information content (AvgIpc) is 2.40. The zero-order valence-electron chi connectivity index (χ0n) is 14.5. The predicted molar refractivity (Wildman–Crippen MR) is 79.4 cm³/mol. The normalized spacial score (nSPS) is 12.6. The van der Waals surface area contributed by atoms with Gasteiger partial charge in [-0.25, -0.2) is 19.2 Å². The predicted octanol–water partition coefficient (Wildman–Crippen LogP) is -2.68. The first-order valence-electron chi connectivity index (χ1n) is 6.21. The summed E-state index contributed by atoms with van der Waals surface area (Å²) in [6.45, 7) is 4.79. The number of carboxylic acid groups (broad SMARTS) is 4. The first-order valence-corrected chi connectivity index (χ1v) is 6.21. The van der Waals surface area contributed by atoms with Gasteiger partial charge in [0.15, 0.2) is 0 Å². The first-order chi connectivity index (χ1) is 10.6. The number of aliphatic carboxylic acids is 4. The van der Waals surface area contributed by atoms with E-state index in [0.29, 0.717) is 0 Å². The molecule has 0 aliphatic rings. The summed E-state index contributed by atoms with van der Waals surface area (Å²) in [7, 11) is 0. The second-order valence-electron chi connectivity index (χ2n) is 4.06. The molecule has 4 atom stereocenters. The van der Waals surface area contributed by atoms with Gasteiger partial charge in [0.05, 0.1) is 0 Å². The Bertz CT molecular complexity index is 312. The molecule has 26 heavy (non-hydrogen) atoms. The van der Waals surface area contributed by atoms with Gasteiger partial charge in [0.25, 0.3) is 0 Å². The number of nitrogens with zero attached hydrogens (tertiary/aromatic N) is 1. The van der Waals surface area contributed by atoms with E-state index >= 15 is 0 Å². The zero-order valence-corrected chi connectivity index (χ0v) is 16.9. The van der Waals surface area contributed by atoms with E-state index in [1.54, 1.807) is 0 Å². The third-order valence-corrected chi connectivity index (χ3v) is 1.43. The van der Waals surface area contributed by atoms with Gasteiger partial charge in [0.2, 0.25) is 0 Å². The van der Waals surface area contributed by atoms with Crippen molar-refractivity contribution in [2.24, 2.45) is 0 Å². The first kappa shape index (κ1) is 39.6. The van der Waals surface area contributed by atoms with E-state index in [0.717, 1.165) is 0 Å². The molecule has 153 valence electrons. The van der Waals surface area contributed by atoms with Crippen LogP contribution in [-0.2, 0) is 45.4 Å². The number of aliphatic hydroxyl groups is 4. The molecule has 3 radical (unpaired) electrons. The fourth-order valence-electron chi connectivity index (χ4n) is 0. The molecule has 0 spiro atoms. The summed E-state index contributed by atoms with van der Waals surface area (Å²) in [5.41, 5.74) is 0. The average molecular weight is 466 g/mol. The molecule has 0 aliphatic heterocycles. The van der Waals surface area contributed by atoms with Gasteiger partial charge in [-0.05, 0) is 27.7 Å². The monoisotopic (exact) mass is 464 g/mol. The largest absolute Gasteiger partial charge is 0.479 e. The number of hydrogen-bond acceptors (Lipinski definition) is 8. The van der Waals surface area contributed by atoms with Crippen molar-refractivity contribution in [1.29, 1.82) is 0 Å². The molecule has 0 rings (SSSR count). The Morgan fingerprint density at radius 1 is 0.500 bits per heavy atom. The van der Waals surface area contributed by atoms with E-state index in [1.807, 2.05) is 0 Å². The van der Waals surface area contributed by atoms with Crippen LogP contribution in [0, 0.1) is 0 Å². The van der Waals surface area contributed by atoms with Crippen LogP contribution in [0.4, 0.5) is 0 Å². The Morgan fingerprint density at radius 2 is 0.538 bits per heavy atom. The van der Waals surface area contributed by atoms with E-state index < -0.39 is 48.3 Å². The minimum atomic E-state index is -1.23. The van der Waals surface area contributed by atoms with Crippen LogP contribution < -0.4 is 6.15 Å². The van der Waals surface area contributed by atoms with E-state index in [9.17, 15) is 19.2 Å². The Labute approximate surface area is 168 Å². The molecular formula is C12H24NO12Zr. The minimum Gasteiger partial charge on any atom is -0.479 e. The summed E-state index contributed by atoms with van der Waals surface area (Å²) in [6.07, 6.45) is -4.93. The van der Waals surface area contributed by atoms with Crippen LogP contribution in [0.3, 0.4) is 0 Å². The van der Waals surface area contributed by atoms with Gasteiger partial charge < -0.3 is 40.9 Å². The van der Waals surface area contributed by atoms with Crippen molar-refractivity contribution in [3.8, 4) is 0 Å². The Hall–Kier alpha value is -1.44. The maximum Gasteiger partial charge on any atom is 0.332 e. The van der Waals surface area contributed by atoms with E-state index in [4.69, 9.17) is 40.9 Å². The topological polar surface area (TPSA) is 261 Å². The number of carbonyl (C=O) groups is 4. The van der Waals surface area contributed by atoms with Gasteiger partial charge in [-0.1, -0.05) is 0 Å². The van der Waals surface area contributed by atoms with Crippen LogP contribution in [0.2, 0.25) is 0 Å². The van der Waals surface area contributed by atoms with E-state index in [1.165, 1.54) is 27.7 Å². The maximum atomic E-state index is 9.45. The summed E-state index contributed by atoms with van der Waals surface area (Å²) >= 11 is 0. The van der Waals surface area contributed by atoms with Gasteiger partial charge in [0.1, 0.15) is 24.4 Å².